The lowest BCUT2D eigenvalue weighted by Gasteiger charge is -2.23. The monoisotopic (exact) mass is 235 g/mol. The van der Waals surface area contributed by atoms with E-state index in [2.05, 4.69) is 10.2 Å². The Bertz CT molecular complexity index is 418. The Balaban J connectivity index is 2.79. The van der Waals surface area contributed by atoms with Gasteiger partial charge in [-0.25, -0.2) is 0 Å². The zero-order chi connectivity index (χ0) is 12.8. The fraction of sp³-hybridized carbons (Fsp3) is 0.545. The van der Waals surface area contributed by atoms with E-state index in [1.54, 1.807) is 4.90 Å². The minimum Gasteiger partial charge on any atom is -0.396 e. The number of nitrogens with two attached hydrogens (primary N) is 1. The van der Waals surface area contributed by atoms with Gasteiger partial charge in [-0.15, -0.1) is 0 Å². The van der Waals surface area contributed by atoms with E-state index in [4.69, 9.17) is 11.0 Å². The Kier molecular flexibility index (Phi) is 4.52. The number of H-pyrrole nitrogens is 1. The lowest BCUT2D eigenvalue weighted by molar-refractivity contribution is 0.0735. The van der Waals surface area contributed by atoms with Crippen molar-refractivity contribution in [2.24, 2.45) is 5.92 Å². The van der Waals surface area contributed by atoms with Crippen LogP contribution in [0.2, 0.25) is 0 Å². The molecule has 1 heterocycles. The van der Waals surface area contributed by atoms with Crippen LogP contribution in [0.3, 0.4) is 0 Å². The van der Waals surface area contributed by atoms with Crippen LogP contribution in [0.1, 0.15) is 30.8 Å². The van der Waals surface area contributed by atoms with E-state index in [0.29, 0.717) is 36.8 Å². The third-order valence-electron chi connectivity index (χ3n) is 2.25. The van der Waals surface area contributed by atoms with Crippen molar-refractivity contribution in [1.82, 2.24) is 15.1 Å². The zero-order valence-corrected chi connectivity index (χ0v) is 10.1. The number of anilines is 1. The summed E-state index contributed by atoms with van der Waals surface area (Å²) < 4.78 is 0. The summed E-state index contributed by atoms with van der Waals surface area (Å²) in [5.74, 6) is 0.130. The van der Waals surface area contributed by atoms with Crippen molar-refractivity contribution in [3.05, 3.63) is 11.9 Å². The van der Waals surface area contributed by atoms with Gasteiger partial charge in [0, 0.05) is 13.1 Å². The second-order valence-electron chi connectivity index (χ2n) is 4.25. The Morgan fingerprint density at radius 2 is 2.41 bits per heavy atom. The molecule has 0 bridgehead atoms. The van der Waals surface area contributed by atoms with E-state index in [1.807, 2.05) is 19.9 Å². The minimum absolute atomic E-state index is 0.205. The van der Waals surface area contributed by atoms with Gasteiger partial charge in [0.15, 0.2) is 0 Å². The van der Waals surface area contributed by atoms with E-state index in [0.717, 1.165) is 0 Å². The largest absolute Gasteiger partial charge is 0.396 e. The first-order valence-corrected chi connectivity index (χ1v) is 5.51. The maximum Gasteiger partial charge on any atom is 0.274 e. The average molecular weight is 235 g/mol. The molecule has 6 heteroatoms. The van der Waals surface area contributed by atoms with Crippen LogP contribution < -0.4 is 5.73 Å². The van der Waals surface area contributed by atoms with Gasteiger partial charge in [-0.2, -0.15) is 10.4 Å². The molecular weight excluding hydrogens is 218 g/mol. The number of carbonyl (C=O) groups excluding carboxylic acids is 1. The molecule has 3 N–H and O–H groups in total. The molecule has 0 aliphatic rings. The van der Waals surface area contributed by atoms with E-state index in [9.17, 15) is 4.79 Å². The molecular formula is C11H17N5O. The number of rotatable bonds is 5. The molecule has 0 spiro atoms. The van der Waals surface area contributed by atoms with Gasteiger partial charge in [-0.1, -0.05) is 13.8 Å². The zero-order valence-electron chi connectivity index (χ0n) is 10.1. The summed E-state index contributed by atoms with van der Waals surface area (Å²) in [6.45, 7) is 5.04. The van der Waals surface area contributed by atoms with Gasteiger partial charge in [0.25, 0.3) is 5.91 Å². The molecule has 0 aliphatic heterocycles. The highest BCUT2D eigenvalue weighted by molar-refractivity contribution is 5.97. The highest BCUT2D eigenvalue weighted by Crippen LogP contribution is 2.11. The fourth-order valence-corrected chi connectivity index (χ4v) is 1.53. The number of nitrogens with zero attached hydrogens (tertiary/aromatic N) is 3. The molecule has 0 unspecified atom stereocenters. The van der Waals surface area contributed by atoms with Crippen LogP contribution in [-0.2, 0) is 0 Å². The Morgan fingerprint density at radius 1 is 1.71 bits per heavy atom. The third kappa shape index (κ3) is 3.48. The molecule has 17 heavy (non-hydrogen) atoms. The van der Waals surface area contributed by atoms with Crippen molar-refractivity contribution in [2.75, 3.05) is 18.8 Å². The van der Waals surface area contributed by atoms with E-state index in [-0.39, 0.29) is 5.91 Å². The normalized spacial score (nSPS) is 10.2. The standard InChI is InChI=1S/C11H17N5O/c1-8(2)7-16(5-3-4-12)11(17)10-9(13)6-14-15-10/h6,8H,3,5,7,13H2,1-2H3,(H,14,15). The van der Waals surface area contributed by atoms with Crippen LogP contribution in [0.15, 0.2) is 6.20 Å². The van der Waals surface area contributed by atoms with Crippen LogP contribution >= 0.6 is 0 Å². The second-order valence-corrected chi connectivity index (χ2v) is 4.25. The number of hydrogen-bond acceptors (Lipinski definition) is 4. The van der Waals surface area contributed by atoms with Crippen LogP contribution in [0, 0.1) is 17.2 Å². The summed E-state index contributed by atoms with van der Waals surface area (Å²) in [7, 11) is 0. The van der Waals surface area contributed by atoms with Gasteiger partial charge >= 0.3 is 0 Å². The Labute approximate surface area is 100 Å². The van der Waals surface area contributed by atoms with Gasteiger partial charge in [0.05, 0.1) is 24.4 Å². The molecule has 1 rings (SSSR count). The van der Waals surface area contributed by atoms with Gasteiger partial charge in [0.2, 0.25) is 0 Å². The Hall–Kier alpha value is -2.03. The van der Waals surface area contributed by atoms with Gasteiger partial charge in [0.1, 0.15) is 5.69 Å². The number of nitrogen functional groups attached to an aromatic ring is 1. The topological polar surface area (TPSA) is 98.8 Å². The smallest absolute Gasteiger partial charge is 0.274 e. The second kappa shape index (κ2) is 5.89. The summed E-state index contributed by atoms with van der Waals surface area (Å²) in [5.41, 5.74) is 6.26. The van der Waals surface area contributed by atoms with Crippen molar-refractivity contribution >= 4 is 11.6 Å². The number of hydrogen-bond donors (Lipinski definition) is 2. The van der Waals surface area contributed by atoms with Gasteiger partial charge in [-0.05, 0) is 5.92 Å². The SMILES string of the molecule is CC(C)CN(CCC#N)C(=O)c1[nH]ncc1N. The molecule has 0 aromatic carbocycles. The van der Waals surface area contributed by atoms with Crippen LogP contribution in [0.4, 0.5) is 5.69 Å². The van der Waals surface area contributed by atoms with E-state index < -0.39 is 0 Å². The maximum atomic E-state index is 12.1. The third-order valence-corrected chi connectivity index (χ3v) is 2.25. The molecule has 0 aliphatic carbocycles. The first-order valence-electron chi connectivity index (χ1n) is 5.51. The quantitative estimate of drug-likeness (QED) is 0.795. The van der Waals surface area contributed by atoms with Crippen molar-refractivity contribution in [3.8, 4) is 6.07 Å². The summed E-state index contributed by atoms with van der Waals surface area (Å²) in [6.07, 6.45) is 1.72. The number of amides is 1. The maximum absolute atomic E-state index is 12.1. The number of aromatic nitrogens is 2. The fourth-order valence-electron chi connectivity index (χ4n) is 1.53. The first kappa shape index (κ1) is 13.0. The summed E-state index contributed by atoms with van der Waals surface area (Å²) >= 11 is 0. The molecule has 1 amide bonds. The highest BCUT2D eigenvalue weighted by Gasteiger charge is 2.20. The van der Waals surface area contributed by atoms with Gasteiger partial charge in [-0.3, -0.25) is 9.89 Å². The van der Waals surface area contributed by atoms with Crippen molar-refractivity contribution in [2.45, 2.75) is 20.3 Å². The molecule has 1 aromatic heterocycles. The molecule has 1 aromatic rings. The number of aromatic amines is 1. The predicted molar refractivity (Wildman–Crippen MR) is 64.0 cm³/mol. The average Bonchev–Trinajstić information content (AvgIpc) is 2.69. The highest BCUT2D eigenvalue weighted by atomic mass is 16.2. The molecule has 0 saturated carbocycles. The summed E-state index contributed by atoms with van der Waals surface area (Å²) in [4.78, 5) is 13.8. The lowest BCUT2D eigenvalue weighted by atomic mass is 10.2. The Morgan fingerprint density at radius 3 is 2.88 bits per heavy atom. The predicted octanol–water partition coefficient (Wildman–Crippen LogP) is 1.00. The van der Waals surface area contributed by atoms with Crippen LogP contribution in [0.5, 0.6) is 0 Å². The molecule has 92 valence electrons. The van der Waals surface area contributed by atoms with Crippen LogP contribution in [0.25, 0.3) is 0 Å². The lowest BCUT2D eigenvalue weighted by Crippen LogP contribution is -2.35. The van der Waals surface area contributed by atoms with Crippen molar-refractivity contribution < 1.29 is 4.79 Å². The van der Waals surface area contributed by atoms with Crippen LogP contribution in [-0.4, -0.2) is 34.1 Å². The van der Waals surface area contributed by atoms with Crippen molar-refractivity contribution in [3.63, 3.8) is 0 Å². The van der Waals surface area contributed by atoms with E-state index in [1.165, 1.54) is 6.20 Å². The summed E-state index contributed by atoms with van der Waals surface area (Å²) in [6, 6.07) is 2.04. The molecule has 0 radical (unpaired) electrons. The number of carbonyl (C=O) groups is 1. The number of nitriles is 1. The molecule has 0 atom stereocenters. The minimum atomic E-state index is -0.205. The number of nitrogens with one attached hydrogen (secondary N) is 1. The molecule has 0 fully saturated rings. The van der Waals surface area contributed by atoms with Crippen molar-refractivity contribution in [1.29, 1.82) is 5.26 Å². The molecule has 0 saturated heterocycles. The first-order chi connectivity index (χ1) is 8.06. The molecule has 6 nitrogen and oxygen atoms in total. The summed E-state index contributed by atoms with van der Waals surface area (Å²) in [5, 5.41) is 14.9. The van der Waals surface area contributed by atoms with Gasteiger partial charge < -0.3 is 10.6 Å². The van der Waals surface area contributed by atoms with E-state index >= 15 is 0 Å².